The van der Waals surface area contributed by atoms with E-state index in [-0.39, 0.29) is 6.61 Å². The maximum absolute atomic E-state index is 13.5. The van der Waals surface area contributed by atoms with Crippen molar-refractivity contribution in [2.45, 2.75) is 6.61 Å². The summed E-state index contributed by atoms with van der Waals surface area (Å²) >= 11 is 2.68. The number of carbonyl (C=O) groups excluding carboxylic acids is 1. The molecule has 0 atom stereocenters. The van der Waals surface area contributed by atoms with E-state index < -0.39 is 38.5 Å². The van der Waals surface area contributed by atoms with Crippen molar-refractivity contribution in [1.82, 2.24) is 0 Å². The summed E-state index contributed by atoms with van der Waals surface area (Å²) in [7, 11) is 0. The lowest BCUT2D eigenvalue weighted by Crippen LogP contribution is -2.15. The standard InChI is InChI=1S/C14H9BrF2N2O4/c15-11-12(17)9(16)6-10(19(21)22)13(11)18-14(20)23-7-8-4-2-1-3-5-8/h1-6H,7H2,(H,18,20). The Hall–Kier alpha value is -2.55. The van der Waals surface area contributed by atoms with Crippen LogP contribution in [-0.2, 0) is 11.3 Å². The summed E-state index contributed by atoms with van der Waals surface area (Å²) in [6, 6.07) is 9.07. The van der Waals surface area contributed by atoms with E-state index in [0.29, 0.717) is 11.6 Å². The van der Waals surface area contributed by atoms with E-state index in [1.54, 1.807) is 30.3 Å². The summed E-state index contributed by atoms with van der Waals surface area (Å²) in [6.45, 7) is -0.0816. The highest BCUT2D eigenvalue weighted by Crippen LogP contribution is 2.36. The fourth-order valence-corrected chi connectivity index (χ4v) is 2.20. The molecule has 0 heterocycles. The van der Waals surface area contributed by atoms with Gasteiger partial charge in [0, 0.05) is 0 Å². The minimum atomic E-state index is -1.41. The van der Waals surface area contributed by atoms with Gasteiger partial charge in [-0.25, -0.2) is 13.6 Å². The molecule has 1 N–H and O–H groups in total. The van der Waals surface area contributed by atoms with Crippen molar-refractivity contribution in [3.05, 3.63) is 68.2 Å². The molecular weight excluding hydrogens is 378 g/mol. The molecule has 2 aromatic carbocycles. The van der Waals surface area contributed by atoms with Gasteiger partial charge in [0.05, 0.1) is 15.5 Å². The first-order valence-corrected chi connectivity index (χ1v) is 6.99. The SMILES string of the molecule is O=C(Nc1c([N+](=O)[O-])cc(F)c(F)c1Br)OCc1ccccc1. The van der Waals surface area contributed by atoms with E-state index in [2.05, 4.69) is 15.9 Å². The van der Waals surface area contributed by atoms with Crippen LogP contribution in [0.2, 0.25) is 0 Å². The number of carbonyl (C=O) groups is 1. The van der Waals surface area contributed by atoms with E-state index in [1.807, 2.05) is 5.32 Å². The van der Waals surface area contributed by atoms with Crippen molar-refractivity contribution in [3.63, 3.8) is 0 Å². The van der Waals surface area contributed by atoms with Crippen LogP contribution in [0.5, 0.6) is 0 Å². The van der Waals surface area contributed by atoms with Crippen LogP contribution in [0.1, 0.15) is 5.56 Å². The summed E-state index contributed by atoms with van der Waals surface area (Å²) in [4.78, 5) is 21.7. The van der Waals surface area contributed by atoms with E-state index >= 15 is 0 Å². The van der Waals surface area contributed by atoms with Gasteiger partial charge in [-0.2, -0.15) is 0 Å². The van der Waals surface area contributed by atoms with Crippen LogP contribution in [0, 0.1) is 21.7 Å². The van der Waals surface area contributed by atoms with Gasteiger partial charge in [0.15, 0.2) is 11.6 Å². The lowest BCUT2D eigenvalue weighted by Gasteiger charge is -2.10. The quantitative estimate of drug-likeness (QED) is 0.480. The van der Waals surface area contributed by atoms with Gasteiger partial charge in [-0.05, 0) is 21.5 Å². The third kappa shape index (κ3) is 4.01. The molecule has 0 aliphatic heterocycles. The normalized spacial score (nSPS) is 10.2. The number of halogens is 3. The van der Waals surface area contributed by atoms with Crippen LogP contribution in [0.3, 0.4) is 0 Å². The van der Waals surface area contributed by atoms with Crippen LogP contribution in [0.4, 0.5) is 25.0 Å². The first-order valence-electron chi connectivity index (χ1n) is 6.19. The number of nitro benzene ring substituents is 1. The number of anilines is 1. The number of ether oxygens (including phenoxy) is 1. The summed E-state index contributed by atoms with van der Waals surface area (Å²) < 4.78 is 31.0. The first kappa shape index (κ1) is 16.8. The zero-order valence-corrected chi connectivity index (χ0v) is 13.0. The summed E-state index contributed by atoms with van der Waals surface area (Å²) in [6.07, 6.45) is -1.04. The lowest BCUT2D eigenvalue weighted by molar-refractivity contribution is -0.384. The Morgan fingerprint density at radius 1 is 1.30 bits per heavy atom. The molecule has 0 saturated heterocycles. The summed E-state index contributed by atoms with van der Waals surface area (Å²) in [5, 5.41) is 12.9. The minimum Gasteiger partial charge on any atom is -0.444 e. The van der Waals surface area contributed by atoms with Crippen molar-refractivity contribution in [3.8, 4) is 0 Å². The molecule has 0 fully saturated rings. The van der Waals surface area contributed by atoms with E-state index in [9.17, 15) is 23.7 Å². The molecule has 0 aliphatic carbocycles. The van der Waals surface area contributed by atoms with Gasteiger partial charge < -0.3 is 4.74 Å². The highest BCUT2D eigenvalue weighted by atomic mass is 79.9. The Morgan fingerprint density at radius 3 is 2.57 bits per heavy atom. The van der Waals surface area contributed by atoms with Crippen LogP contribution in [-0.4, -0.2) is 11.0 Å². The predicted octanol–water partition coefficient (Wildman–Crippen LogP) is 4.38. The molecule has 6 nitrogen and oxygen atoms in total. The number of nitrogens with one attached hydrogen (secondary N) is 1. The van der Waals surface area contributed by atoms with Gasteiger partial charge in [0.2, 0.25) is 0 Å². The van der Waals surface area contributed by atoms with Gasteiger partial charge in [-0.1, -0.05) is 30.3 Å². The van der Waals surface area contributed by atoms with Gasteiger partial charge in [0.25, 0.3) is 5.69 Å². The fourth-order valence-electron chi connectivity index (χ4n) is 1.71. The highest BCUT2D eigenvalue weighted by Gasteiger charge is 2.25. The number of hydrogen-bond acceptors (Lipinski definition) is 4. The topological polar surface area (TPSA) is 81.5 Å². The molecule has 0 saturated carbocycles. The van der Waals surface area contributed by atoms with Crippen LogP contribution in [0.15, 0.2) is 40.9 Å². The average molecular weight is 387 g/mol. The van der Waals surface area contributed by atoms with Crippen LogP contribution in [0.25, 0.3) is 0 Å². The van der Waals surface area contributed by atoms with Crippen molar-refractivity contribution >= 4 is 33.4 Å². The smallest absolute Gasteiger partial charge is 0.412 e. The van der Waals surface area contributed by atoms with E-state index in [1.165, 1.54) is 0 Å². The second-order valence-electron chi connectivity index (χ2n) is 4.32. The third-order valence-electron chi connectivity index (χ3n) is 2.78. The Kier molecular flexibility index (Phi) is 5.22. The monoisotopic (exact) mass is 386 g/mol. The zero-order valence-electron chi connectivity index (χ0n) is 11.4. The predicted molar refractivity (Wildman–Crippen MR) is 81.0 cm³/mol. The molecule has 23 heavy (non-hydrogen) atoms. The summed E-state index contributed by atoms with van der Waals surface area (Å²) in [5.74, 6) is -2.76. The van der Waals surface area contributed by atoms with Gasteiger partial charge >= 0.3 is 6.09 Å². The number of amides is 1. The van der Waals surface area contributed by atoms with E-state index in [0.717, 1.165) is 0 Å². The summed E-state index contributed by atoms with van der Waals surface area (Å²) in [5.41, 5.74) is -0.624. The molecule has 0 spiro atoms. The Bertz CT molecular complexity index is 756. The number of benzene rings is 2. The molecule has 2 rings (SSSR count). The molecule has 0 aromatic heterocycles. The minimum absolute atomic E-state index is 0.0816. The number of hydrogen-bond donors (Lipinski definition) is 1. The van der Waals surface area contributed by atoms with Gasteiger partial charge in [0.1, 0.15) is 12.3 Å². The van der Waals surface area contributed by atoms with Gasteiger partial charge in [-0.3, -0.25) is 15.4 Å². The fraction of sp³-hybridized carbons (Fsp3) is 0.0714. The molecule has 9 heteroatoms. The average Bonchev–Trinajstić information content (AvgIpc) is 2.54. The second kappa shape index (κ2) is 7.14. The lowest BCUT2D eigenvalue weighted by atomic mass is 10.2. The van der Waals surface area contributed by atoms with Gasteiger partial charge in [-0.15, -0.1) is 0 Å². The maximum Gasteiger partial charge on any atom is 0.412 e. The first-order chi connectivity index (χ1) is 10.9. The van der Waals surface area contributed by atoms with E-state index in [4.69, 9.17) is 4.74 Å². The van der Waals surface area contributed by atoms with Crippen LogP contribution < -0.4 is 5.32 Å². The Morgan fingerprint density at radius 2 is 1.96 bits per heavy atom. The molecule has 0 aliphatic rings. The Labute approximate surface area is 137 Å². The molecular formula is C14H9BrF2N2O4. The van der Waals surface area contributed by atoms with Crippen molar-refractivity contribution < 1.29 is 23.2 Å². The van der Waals surface area contributed by atoms with Crippen molar-refractivity contribution in [1.29, 1.82) is 0 Å². The zero-order chi connectivity index (χ0) is 17.0. The van der Waals surface area contributed by atoms with Crippen molar-refractivity contribution in [2.75, 3.05) is 5.32 Å². The maximum atomic E-state index is 13.5. The number of nitro groups is 1. The highest BCUT2D eigenvalue weighted by molar-refractivity contribution is 9.10. The third-order valence-corrected chi connectivity index (χ3v) is 3.52. The number of rotatable bonds is 4. The molecule has 120 valence electrons. The van der Waals surface area contributed by atoms with Crippen molar-refractivity contribution in [2.24, 2.45) is 0 Å². The molecule has 0 unspecified atom stereocenters. The molecule has 1 amide bonds. The Balaban J connectivity index is 2.17. The molecule has 2 aromatic rings. The van der Waals surface area contributed by atoms with Crippen LogP contribution >= 0.6 is 15.9 Å². The molecule has 0 radical (unpaired) electrons. The largest absolute Gasteiger partial charge is 0.444 e. The second-order valence-corrected chi connectivity index (χ2v) is 5.12. The number of nitrogens with zero attached hydrogens (tertiary/aromatic N) is 1. The molecule has 0 bridgehead atoms.